The predicted octanol–water partition coefficient (Wildman–Crippen LogP) is 3.32. The first-order valence-electron chi connectivity index (χ1n) is 6.85. The molecule has 0 aliphatic rings. The molecule has 3 N–H and O–H groups in total. The second-order valence-corrected chi connectivity index (χ2v) is 7.26. The number of nitrogens with one attached hydrogen (secondary N) is 1. The van der Waals surface area contributed by atoms with Crippen molar-refractivity contribution in [3.05, 3.63) is 28.0 Å². The summed E-state index contributed by atoms with van der Waals surface area (Å²) < 4.78 is 0. The number of fused-ring (bicyclic) bond motifs is 1. The van der Waals surface area contributed by atoms with Gasteiger partial charge in [-0.2, -0.15) is 0 Å². The zero-order valence-corrected chi connectivity index (χ0v) is 14.1. The molecule has 1 atom stereocenters. The van der Waals surface area contributed by atoms with Gasteiger partial charge in [0.2, 0.25) is 5.91 Å². The molecule has 0 unspecified atom stereocenters. The van der Waals surface area contributed by atoms with Gasteiger partial charge in [-0.25, -0.2) is 9.97 Å². The minimum atomic E-state index is -0.492. The number of hydrogen-bond acceptors (Lipinski definition) is 6. The topological polar surface area (TPSA) is 80.9 Å². The smallest absolute Gasteiger partial charge is 0.239 e. The Balaban J connectivity index is 2.19. The average Bonchev–Trinajstić information content (AvgIpc) is 3.08. The van der Waals surface area contributed by atoms with Crippen LogP contribution in [0.3, 0.4) is 0 Å². The number of hydrogen-bond donors (Lipinski definition) is 2. The highest BCUT2D eigenvalue weighted by molar-refractivity contribution is 7.19. The Kier molecular flexibility index (Phi) is 3.84. The Labute approximate surface area is 136 Å². The molecule has 5 nitrogen and oxygen atoms in total. The summed E-state index contributed by atoms with van der Waals surface area (Å²) in [4.78, 5) is 23.8. The molecular weight excluding hydrogens is 316 g/mol. The van der Waals surface area contributed by atoms with E-state index >= 15 is 0 Å². The van der Waals surface area contributed by atoms with Crippen LogP contribution in [0.5, 0.6) is 0 Å². The van der Waals surface area contributed by atoms with Crippen molar-refractivity contribution < 1.29 is 4.79 Å². The van der Waals surface area contributed by atoms with E-state index in [0.29, 0.717) is 11.6 Å². The van der Waals surface area contributed by atoms with E-state index in [2.05, 4.69) is 22.2 Å². The van der Waals surface area contributed by atoms with Gasteiger partial charge < -0.3 is 11.1 Å². The number of aromatic nitrogens is 2. The van der Waals surface area contributed by atoms with Gasteiger partial charge in [-0.3, -0.25) is 4.79 Å². The Hall–Kier alpha value is -1.99. The molecule has 0 fully saturated rings. The molecule has 0 aliphatic heterocycles. The van der Waals surface area contributed by atoms with Gasteiger partial charge in [0.25, 0.3) is 0 Å². The van der Waals surface area contributed by atoms with Gasteiger partial charge in [0.15, 0.2) is 5.82 Å². The van der Waals surface area contributed by atoms with Gasteiger partial charge >= 0.3 is 0 Å². The monoisotopic (exact) mass is 332 g/mol. The van der Waals surface area contributed by atoms with Crippen molar-refractivity contribution in [1.82, 2.24) is 9.97 Å². The Bertz CT molecular complexity index is 839. The highest BCUT2D eigenvalue weighted by atomic mass is 32.1. The summed E-state index contributed by atoms with van der Waals surface area (Å²) >= 11 is 3.23. The number of amides is 1. The third-order valence-electron chi connectivity index (χ3n) is 3.55. The van der Waals surface area contributed by atoms with Crippen LogP contribution in [-0.4, -0.2) is 21.9 Å². The third kappa shape index (κ3) is 2.57. The third-order valence-corrected chi connectivity index (χ3v) is 5.52. The van der Waals surface area contributed by atoms with Crippen molar-refractivity contribution in [2.24, 2.45) is 5.73 Å². The van der Waals surface area contributed by atoms with Crippen LogP contribution in [0, 0.1) is 13.8 Å². The SMILES string of the molecule is Cc1sc2nc(-c3cccs3)nc(N[C@H](C)C(N)=O)c2c1C. The molecule has 3 aromatic heterocycles. The molecule has 0 saturated carbocycles. The highest BCUT2D eigenvalue weighted by Gasteiger charge is 2.18. The first-order chi connectivity index (χ1) is 10.5. The van der Waals surface area contributed by atoms with E-state index in [9.17, 15) is 4.79 Å². The molecule has 22 heavy (non-hydrogen) atoms. The molecule has 0 bridgehead atoms. The molecule has 3 aromatic rings. The Morgan fingerprint density at radius 2 is 2.14 bits per heavy atom. The number of thiophene rings is 2. The normalized spacial score (nSPS) is 12.5. The summed E-state index contributed by atoms with van der Waals surface area (Å²) in [6.07, 6.45) is 0. The van der Waals surface area contributed by atoms with Crippen LogP contribution in [0.1, 0.15) is 17.4 Å². The van der Waals surface area contributed by atoms with Crippen LogP contribution in [0.25, 0.3) is 20.9 Å². The van der Waals surface area contributed by atoms with E-state index in [1.807, 2.05) is 24.4 Å². The number of rotatable bonds is 4. The lowest BCUT2D eigenvalue weighted by atomic mass is 10.2. The molecule has 114 valence electrons. The van der Waals surface area contributed by atoms with Gasteiger partial charge in [0.05, 0.1) is 10.3 Å². The molecule has 7 heteroatoms. The standard InChI is InChI=1S/C15H16N4OS2/c1-7-9(3)22-15-11(7)14(17-8(2)12(16)20)18-13(19-15)10-5-4-6-21-10/h4-6,8H,1-3H3,(H2,16,20)(H,17,18,19)/t8-/m1/s1. The van der Waals surface area contributed by atoms with Crippen LogP contribution in [0.4, 0.5) is 5.82 Å². The van der Waals surface area contributed by atoms with E-state index in [4.69, 9.17) is 5.73 Å². The zero-order chi connectivity index (χ0) is 15.9. The number of nitrogens with zero attached hydrogens (tertiary/aromatic N) is 2. The summed E-state index contributed by atoms with van der Waals surface area (Å²) in [5, 5.41) is 6.09. The number of primary amides is 1. The van der Waals surface area contributed by atoms with Crippen molar-refractivity contribution >= 4 is 44.6 Å². The van der Waals surface area contributed by atoms with Crippen LogP contribution >= 0.6 is 22.7 Å². The molecule has 3 heterocycles. The second kappa shape index (κ2) is 5.66. The molecule has 0 spiro atoms. The van der Waals surface area contributed by atoms with Crippen LogP contribution in [0.2, 0.25) is 0 Å². The summed E-state index contributed by atoms with van der Waals surface area (Å²) in [5.41, 5.74) is 6.50. The fourth-order valence-corrected chi connectivity index (χ4v) is 3.83. The molecule has 0 radical (unpaired) electrons. The van der Waals surface area contributed by atoms with E-state index in [1.54, 1.807) is 29.6 Å². The predicted molar refractivity (Wildman–Crippen MR) is 92.5 cm³/mol. The van der Waals surface area contributed by atoms with E-state index in [0.717, 1.165) is 20.7 Å². The van der Waals surface area contributed by atoms with Gasteiger partial charge in [0, 0.05) is 4.88 Å². The van der Waals surface area contributed by atoms with Gasteiger partial charge in [-0.15, -0.1) is 22.7 Å². The number of carbonyl (C=O) groups excluding carboxylic acids is 1. The lowest BCUT2D eigenvalue weighted by molar-refractivity contribution is -0.118. The van der Waals surface area contributed by atoms with Crippen molar-refractivity contribution in [3.63, 3.8) is 0 Å². The molecule has 0 aromatic carbocycles. The molecule has 1 amide bonds. The quantitative estimate of drug-likeness (QED) is 0.768. The van der Waals surface area contributed by atoms with Crippen LogP contribution in [-0.2, 0) is 4.79 Å². The minimum absolute atomic E-state index is 0.408. The Morgan fingerprint density at radius 3 is 2.77 bits per heavy atom. The first kappa shape index (κ1) is 14.9. The molecule has 3 rings (SSSR count). The summed E-state index contributed by atoms with van der Waals surface area (Å²) in [7, 11) is 0. The summed E-state index contributed by atoms with van der Waals surface area (Å²) in [5.74, 6) is 0.929. The van der Waals surface area contributed by atoms with Crippen molar-refractivity contribution in [1.29, 1.82) is 0 Å². The number of carbonyl (C=O) groups is 1. The first-order valence-corrected chi connectivity index (χ1v) is 8.54. The molecular formula is C15H16N4OS2. The maximum absolute atomic E-state index is 11.4. The van der Waals surface area contributed by atoms with E-state index in [1.165, 1.54) is 4.88 Å². The van der Waals surface area contributed by atoms with Crippen LogP contribution < -0.4 is 11.1 Å². The average molecular weight is 332 g/mol. The van der Waals surface area contributed by atoms with Crippen LogP contribution in [0.15, 0.2) is 17.5 Å². The fourth-order valence-electron chi connectivity index (χ4n) is 2.15. The number of anilines is 1. The molecule has 0 saturated heterocycles. The van der Waals surface area contributed by atoms with E-state index in [-0.39, 0.29) is 0 Å². The maximum Gasteiger partial charge on any atom is 0.239 e. The fraction of sp³-hybridized carbons (Fsp3) is 0.267. The molecule has 0 aliphatic carbocycles. The largest absolute Gasteiger partial charge is 0.368 e. The maximum atomic E-state index is 11.4. The highest BCUT2D eigenvalue weighted by Crippen LogP contribution is 2.35. The summed E-state index contributed by atoms with van der Waals surface area (Å²) in [6.45, 7) is 5.84. The number of nitrogens with two attached hydrogens (primary N) is 1. The van der Waals surface area contributed by atoms with Crippen molar-refractivity contribution in [2.75, 3.05) is 5.32 Å². The lowest BCUT2D eigenvalue weighted by Crippen LogP contribution is -2.32. The zero-order valence-electron chi connectivity index (χ0n) is 12.5. The summed E-state index contributed by atoms with van der Waals surface area (Å²) in [6, 6.07) is 3.46. The lowest BCUT2D eigenvalue weighted by Gasteiger charge is -2.13. The number of aryl methyl sites for hydroxylation is 2. The van der Waals surface area contributed by atoms with Crippen molar-refractivity contribution in [3.8, 4) is 10.7 Å². The second-order valence-electron chi connectivity index (χ2n) is 5.10. The van der Waals surface area contributed by atoms with Gasteiger partial charge in [0.1, 0.15) is 16.7 Å². The van der Waals surface area contributed by atoms with Crippen molar-refractivity contribution in [2.45, 2.75) is 26.8 Å². The Morgan fingerprint density at radius 1 is 1.36 bits per heavy atom. The van der Waals surface area contributed by atoms with Gasteiger partial charge in [-0.05, 0) is 37.8 Å². The minimum Gasteiger partial charge on any atom is -0.368 e. The van der Waals surface area contributed by atoms with Gasteiger partial charge in [-0.1, -0.05) is 6.07 Å². The van der Waals surface area contributed by atoms with E-state index < -0.39 is 11.9 Å².